The molecule has 132 valence electrons. The first-order valence-corrected chi connectivity index (χ1v) is 9.00. The maximum atomic E-state index is 12.4. The minimum atomic E-state index is -0.473. The number of fused-ring (bicyclic) bond motifs is 1. The van der Waals surface area contributed by atoms with Crippen LogP contribution in [-0.2, 0) is 13.6 Å². The summed E-state index contributed by atoms with van der Waals surface area (Å²) in [5.41, 5.74) is 0.753. The zero-order valence-corrected chi connectivity index (χ0v) is 15.3. The van der Waals surface area contributed by atoms with Crippen molar-refractivity contribution in [2.75, 3.05) is 0 Å². The van der Waals surface area contributed by atoms with Crippen LogP contribution in [0, 0.1) is 6.92 Å². The molecule has 0 aliphatic rings. The van der Waals surface area contributed by atoms with Crippen molar-refractivity contribution >= 4 is 22.9 Å². The highest BCUT2D eigenvalue weighted by molar-refractivity contribution is 7.99. The molecule has 3 rings (SSSR count). The molecule has 3 heterocycles. The molecule has 0 aromatic carbocycles. The Morgan fingerprint density at radius 1 is 1.24 bits per heavy atom. The number of rotatable bonds is 6. The molecule has 25 heavy (non-hydrogen) atoms. The number of aromatic amines is 1. The van der Waals surface area contributed by atoms with E-state index in [-0.39, 0.29) is 0 Å². The smallest absolute Gasteiger partial charge is 0.313 e. The highest BCUT2D eigenvalue weighted by Crippen LogP contribution is 2.26. The third-order valence-electron chi connectivity index (χ3n) is 3.91. The largest absolute Gasteiger partial charge is 0.329 e. The van der Waals surface area contributed by atoms with Gasteiger partial charge < -0.3 is 4.57 Å². The quantitative estimate of drug-likeness (QED) is 0.532. The third-order valence-corrected chi connectivity index (χ3v) is 4.79. The Bertz CT molecular complexity index is 1020. The van der Waals surface area contributed by atoms with Crippen LogP contribution in [0.25, 0.3) is 11.2 Å². The number of imidazole rings is 1. The van der Waals surface area contributed by atoms with Crippen molar-refractivity contribution < 1.29 is 0 Å². The zero-order valence-electron chi connectivity index (χ0n) is 14.4. The third kappa shape index (κ3) is 3.51. The average molecular weight is 360 g/mol. The topological polar surface area (TPSA) is 98.5 Å². The van der Waals surface area contributed by atoms with Crippen molar-refractivity contribution in [1.82, 2.24) is 29.1 Å². The number of nitrogens with one attached hydrogen (secondary N) is 1. The Kier molecular flexibility index (Phi) is 5.03. The second kappa shape index (κ2) is 7.22. The molecule has 0 unspecified atom stereocenters. The highest BCUT2D eigenvalue weighted by Gasteiger charge is 2.18. The van der Waals surface area contributed by atoms with Crippen LogP contribution in [0.2, 0.25) is 0 Å². The first-order chi connectivity index (χ1) is 12.0. The lowest BCUT2D eigenvalue weighted by atomic mass is 10.2. The van der Waals surface area contributed by atoms with Crippen molar-refractivity contribution in [3.05, 3.63) is 38.8 Å². The van der Waals surface area contributed by atoms with Crippen LogP contribution < -0.4 is 11.2 Å². The van der Waals surface area contributed by atoms with E-state index in [0.717, 1.165) is 25.0 Å². The van der Waals surface area contributed by atoms with Gasteiger partial charge in [-0.1, -0.05) is 19.8 Å². The van der Waals surface area contributed by atoms with Gasteiger partial charge in [-0.05, 0) is 31.2 Å². The fraction of sp³-hybridized carbons (Fsp3) is 0.438. The van der Waals surface area contributed by atoms with Gasteiger partial charge in [0.2, 0.25) is 0 Å². The van der Waals surface area contributed by atoms with Gasteiger partial charge in [-0.2, -0.15) is 0 Å². The summed E-state index contributed by atoms with van der Waals surface area (Å²) in [5, 5.41) is 1.18. The van der Waals surface area contributed by atoms with Gasteiger partial charge in [0.15, 0.2) is 21.5 Å². The molecule has 0 bridgehead atoms. The summed E-state index contributed by atoms with van der Waals surface area (Å²) < 4.78 is 3.22. The van der Waals surface area contributed by atoms with Crippen molar-refractivity contribution in [1.29, 1.82) is 0 Å². The van der Waals surface area contributed by atoms with Crippen LogP contribution in [0.1, 0.15) is 31.9 Å². The molecule has 0 radical (unpaired) electrons. The lowest BCUT2D eigenvalue weighted by molar-refractivity contribution is 0.577. The van der Waals surface area contributed by atoms with E-state index in [4.69, 9.17) is 0 Å². The Hall–Kier alpha value is -2.42. The standard InChI is InChI=1S/C16H20N6O2S/c1-4-5-6-9-22-11-12(21(3)15(24)20-13(11)23)19-16(22)25-14-17-8-7-10(2)18-14/h7-8H,4-6,9H2,1-3H3,(H,20,23,24). The van der Waals surface area contributed by atoms with Gasteiger partial charge in [0.05, 0.1) is 0 Å². The van der Waals surface area contributed by atoms with Gasteiger partial charge in [0, 0.05) is 25.5 Å². The van der Waals surface area contributed by atoms with Gasteiger partial charge in [-0.3, -0.25) is 14.3 Å². The van der Waals surface area contributed by atoms with E-state index in [0.29, 0.717) is 28.0 Å². The van der Waals surface area contributed by atoms with E-state index in [9.17, 15) is 9.59 Å². The summed E-state index contributed by atoms with van der Waals surface area (Å²) in [6.45, 7) is 4.67. The van der Waals surface area contributed by atoms with E-state index in [1.54, 1.807) is 13.2 Å². The lowest BCUT2D eigenvalue weighted by Crippen LogP contribution is -2.29. The van der Waals surface area contributed by atoms with E-state index in [1.165, 1.54) is 16.3 Å². The first kappa shape index (κ1) is 17.4. The fourth-order valence-electron chi connectivity index (χ4n) is 2.58. The molecular formula is C16H20N6O2S. The van der Waals surface area contributed by atoms with Gasteiger partial charge in [0.1, 0.15) is 0 Å². The molecule has 1 N–H and O–H groups in total. The Labute approximate surface area is 148 Å². The molecular weight excluding hydrogens is 340 g/mol. The van der Waals surface area contributed by atoms with Gasteiger partial charge in [0.25, 0.3) is 5.56 Å². The molecule has 0 aliphatic heterocycles. The molecule has 0 saturated heterocycles. The summed E-state index contributed by atoms with van der Waals surface area (Å²) in [6, 6.07) is 1.82. The number of hydrogen-bond donors (Lipinski definition) is 1. The number of unbranched alkanes of at least 4 members (excludes halogenated alkanes) is 2. The van der Waals surface area contributed by atoms with E-state index in [1.807, 2.05) is 17.6 Å². The van der Waals surface area contributed by atoms with Crippen molar-refractivity contribution in [3.8, 4) is 0 Å². The first-order valence-electron chi connectivity index (χ1n) is 8.18. The molecule has 0 atom stereocenters. The van der Waals surface area contributed by atoms with Crippen molar-refractivity contribution in [2.45, 2.75) is 50.0 Å². The maximum Gasteiger partial charge on any atom is 0.329 e. The minimum Gasteiger partial charge on any atom is -0.313 e. The Morgan fingerprint density at radius 3 is 2.76 bits per heavy atom. The van der Waals surface area contributed by atoms with Crippen LogP contribution in [0.5, 0.6) is 0 Å². The number of aromatic nitrogens is 6. The predicted octanol–water partition coefficient (Wildman–Crippen LogP) is 1.86. The Balaban J connectivity index is 2.13. The molecule has 0 aliphatic carbocycles. The van der Waals surface area contributed by atoms with Crippen LogP contribution >= 0.6 is 11.8 Å². The Morgan fingerprint density at radius 2 is 2.04 bits per heavy atom. The van der Waals surface area contributed by atoms with Crippen LogP contribution in [-0.4, -0.2) is 29.1 Å². The molecule has 8 nitrogen and oxygen atoms in total. The zero-order chi connectivity index (χ0) is 18.0. The van der Waals surface area contributed by atoms with Crippen LogP contribution in [0.3, 0.4) is 0 Å². The van der Waals surface area contributed by atoms with Crippen LogP contribution in [0.4, 0.5) is 0 Å². The van der Waals surface area contributed by atoms with Gasteiger partial charge in [-0.25, -0.2) is 19.7 Å². The summed E-state index contributed by atoms with van der Waals surface area (Å²) in [7, 11) is 1.60. The second-order valence-corrected chi connectivity index (χ2v) is 6.76. The van der Waals surface area contributed by atoms with Crippen molar-refractivity contribution in [3.63, 3.8) is 0 Å². The normalized spacial score (nSPS) is 11.3. The lowest BCUT2D eigenvalue weighted by Gasteiger charge is -2.07. The molecule has 9 heteroatoms. The predicted molar refractivity (Wildman–Crippen MR) is 96.0 cm³/mol. The molecule has 3 aromatic heterocycles. The highest BCUT2D eigenvalue weighted by atomic mass is 32.2. The molecule has 3 aromatic rings. The summed E-state index contributed by atoms with van der Waals surface area (Å²) in [6.07, 6.45) is 4.74. The molecule has 0 spiro atoms. The number of hydrogen-bond acceptors (Lipinski definition) is 6. The second-order valence-electron chi connectivity index (χ2n) is 5.83. The summed E-state index contributed by atoms with van der Waals surface area (Å²) in [4.78, 5) is 39.7. The van der Waals surface area contributed by atoms with Crippen molar-refractivity contribution in [2.24, 2.45) is 7.05 Å². The average Bonchev–Trinajstić information content (AvgIpc) is 2.92. The number of H-pyrrole nitrogens is 1. The fourth-order valence-corrected chi connectivity index (χ4v) is 3.47. The minimum absolute atomic E-state index is 0.375. The van der Waals surface area contributed by atoms with Gasteiger partial charge >= 0.3 is 5.69 Å². The number of aryl methyl sites for hydroxylation is 3. The molecule has 0 fully saturated rings. The summed E-state index contributed by atoms with van der Waals surface area (Å²) >= 11 is 1.30. The van der Waals surface area contributed by atoms with Gasteiger partial charge in [-0.15, -0.1) is 0 Å². The SMILES string of the molecule is CCCCCn1c(Sc2nccc(C)n2)nc2c1c(=O)[nH]c(=O)n2C. The number of nitrogens with zero attached hydrogens (tertiary/aromatic N) is 5. The van der Waals surface area contributed by atoms with E-state index in [2.05, 4.69) is 26.9 Å². The van der Waals surface area contributed by atoms with Crippen LogP contribution in [0.15, 0.2) is 32.2 Å². The maximum absolute atomic E-state index is 12.4. The molecule has 0 saturated carbocycles. The van der Waals surface area contributed by atoms with E-state index >= 15 is 0 Å². The summed E-state index contributed by atoms with van der Waals surface area (Å²) in [5.74, 6) is 0. The molecule has 0 amide bonds. The monoisotopic (exact) mass is 360 g/mol. The van der Waals surface area contributed by atoms with E-state index < -0.39 is 11.2 Å².